The van der Waals surface area contributed by atoms with Crippen molar-refractivity contribution in [2.75, 3.05) is 5.73 Å². The Morgan fingerprint density at radius 3 is 2.89 bits per heavy atom. The minimum absolute atomic E-state index is 0.180. The zero-order valence-electron chi connectivity index (χ0n) is 10.5. The van der Waals surface area contributed by atoms with Gasteiger partial charge < -0.3 is 15.8 Å². The summed E-state index contributed by atoms with van der Waals surface area (Å²) in [6.07, 6.45) is 0.0924. The zero-order chi connectivity index (χ0) is 13.8. The molecule has 4 N–H and O–H groups in total. The topological polar surface area (TPSA) is 92.0 Å². The van der Waals surface area contributed by atoms with Gasteiger partial charge in [-0.3, -0.25) is 4.79 Å². The van der Waals surface area contributed by atoms with Crippen LogP contribution >= 0.6 is 11.8 Å². The number of benzene rings is 1. The number of nitrogens with two attached hydrogens (primary N) is 1. The maximum Gasteiger partial charge on any atom is 0.253 e. The summed E-state index contributed by atoms with van der Waals surface area (Å²) in [6, 6.07) is 8.71. The van der Waals surface area contributed by atoms with Gasteiger partial charge >= 0.3 is 0 Å². The number of aromatic nitrogens is 2. The number of hydrogen-bond donors (Lipinski definition) is 3. The zero-order valence-corrected chi connectivity index (χ0v) is 11.3. The van der Waals surface area contributed by atoms with Crippen LogP contribution in [0.3, 0.4) is 0 Å². The second-order valence-electron chi connectivity index (χ2n) is 4.04. The van der Waals surface area contributed by atoms with E-state index in [1.54, 1.807) is 0 Å². The Morgan fingerprint density at radius 2 is 2.21 bits per heavy atom. The third kappa shape index (κ3) is 3.36. The number of rotatable bonds is 4. The summed E-state index contributed by atoms with van der Waals surface area (Å²) < 4.78 is 0. The van der Waals surface area contributed by atoms with Gasteiger partial charge in [-0.1, -0.05) is 36.9 Å². The van der Waals surface area contributed by atoms with Crippen LogP contribution in [0.25, 0.3) is 0 Å². The van der Waals surface area contributed by atoms with Crippen molar-refractivity contribution < 1.29 is 5.11 Å². The molecule has 100 valence electrons. The van der Waals surface area contributed by atoms with E-state index in [0.717, 1.165) is 10.5 Å². The van der Waals surface area contributed by atoms with Crippen molar-refractivity contribution in [2.45, 2.75) is 29.5 Å². The second-order valence-corrected chi connectivity index (χ2v) is 5.07. The molecule has 2 rings (SSSR count). The SMILES string of the molecule is CCC(O)c1ccccc1Sc1nc(N)cc(=O)[nH]1. The van der Waals surface area contributed by atoms with Crippen molar-refractivity contribution in [3.63, 3.8) is 0 Å². The highest BCUT2D eigenvalue weighted by Gasteiger charge is 2.12. The fraction of sp³-hybridized carbons (Fsp3) is 0.231. The molecule has 2 aromatic rings. The van der Waals surface area contributed by atoms with Crippen molar-refractivity contribution in [1.29, 1.82) is 0 Å². The van der Waals surface area contributed by atoms with Crippen LogP contribution < -0.4 is 11.3 Å². The number of nitrogens with zero attached hydrogens (tertiary/aromatic N) is 1. The van der Waals surface area contributed by atoms with Crippen LogP contribution in [0.1, 0.15) is 25.0 Å². The number of aliphatic hydroxyl groups excluding tert-OH is 1. The highest BCUT2D eigenvalue weighted by Crippen LogP contribution is 2.32. The molecule has 1 atom stereocenters. The molecule has 5 nitrogen and oxygen atoms in total. The molecule has 0 spiro atoms. The second kappa shape index (κ2) is 5.90. The molecule has 0 aliphatic rings. The van der Waals surface area contributed by atoms with Crippen LogP contribution in [0.4, 0.5) is 5.82 Å². The number of anilines is 1. The molecule has 1 unspecified atom stereocenters. The van der Waals surface area contributed by atoms with E-state index in [1.807, 2.05) is 31.2 Å². The van der Waals surface area contributed by atoms with Gasteiger partial charge in [0.15, 0.2) is 5.16 Å². The Labute approximate surface area is 114 Å². The predicted molar refractivity (Wildman–Crippen MR) is 75.1 cm³/mol. The first-order valence-electron chi connectivity index (χ1n) is 5.92. The molecule has 0 aliphatic heterocycles. The molecular weight excluding hydrogens is 262 g/mol. The molecule has 0 amide bonds. The van der Waals surface area contributed by atoms with E-state index in [0.29, 0.717) is 11.6 Å². The van der Waals surface area contributed by atoms with Crippen molar-refractivity contribution in [2.24, 2.45) is 0 Å². The summed E-state index contributed by atoms with van der Waals surface area (Å²) >= 11 is 1.28. The lowest BCUT2D eigenvalue weighted by atomic mass is 10.1. The molecule has 19 heavy (non-hydrogen) atoms. The van der Waals surface area contributed by atoms with Gasteiger partial charge in [0.2, 0.25) is 0 Å². The van der Waals surface area contributed by atoms with Crippen molar-refractivity contribution in [3.8, 4) is 0 Å². The lowest BCUT2D eigenvalue weighted by Gasteiger charge is -2.12. The maximum atomic E-state index is 11.3. The van der Waals surface area contributed by atoms with Crippen molar-refractivity contribution in [1.82, 2.24) is 9.97 Å². The predicted octanol–water partition coefficient (Wildman–Crippen LogP) is 1.95. The van der Waals surface area contributed by atoms with Crippen LogP contribution in [0.5, 0.6) is 0 Å². The van der Waals surface area contributed by atoms with Crippen LogP contribution in [0.2, 0.25) is 0 Å². The number of aliphatic hydroxyl groups is 1. The van der Waals surface area contributed by atoms with E-state index >= 15 is 0 Å². The Bertz CT molecular complexity index is 627. The molecule has 6 heteroatoms. The molecule has 0 bridgehead atoms. The molecule has 0 saturated heterocycles. The third-order valence-corrected chi connectivity index (χ3v) is 3.59. The minimum atomic E-state index is -0.531. The van der Waals surface area contributed by atoms with Gasteiger partial charge in [0.25, 0.3) is 5.56 Å². The summed E-state index contributed by atoms with van der Waals surface area (Å²) in [5, 5.41) is 10.4. The van der Waals surface area contributed by atoms with Gasteiger partial charge in [-0.15, -0.1) is 0 Å². The summed E-state index contributed by atoms with van der Waals surface area (Å²) in [5.41, 5.74) is 6.07. The van der Waals surface area contributed by atoms with Gasteiger partial charge in [0.05, 0.1) is 6.10 Å². The average molecular weight is 277 g/mol. The van der Waals surface area contributed by atoms with E-state index in [9.17, 15) is 9.90 Å². The highest BCUT2D eigenvalue weighted by atomic mass is 32.2. The minimum Gasteiger partial charge on any atom is -0.388 e. The first kappa shape index (κ1) is 13.6. The fourth-order valence-electron chi connectivity index (χ4n) is 1.67. The first-order valence-corrected chi connectivity index (χ1v) is 6.73. The average Bonchev–Trinajstić information content (AvgIpc) is 2.37. The largest absolute Gasteiger partial charge is 0.388 e. The third-order valence-electron chi connectivity index (χ3n) is 2.61. The summed E-state index contributed by atoms with van der Waals surface area (Å²) in [6.45, 7) is 1.91. The van der Waals surface area contributed by atoms with E-state index in [4.69, 9.17) is 5.73 Å². The molecule has 0 aliphatic carbocycles. The summed E-state index contributed by atoms with van der Waals surface area (Å²) in [4.78, 5) is 18.9. The Morgan fingerprint density at radius 1 is 1.47 bits per heavy atom. The Balaban J connectivity index is 2.35. The quantitative estimate of drug-likeness (QED) is 0.743. The molecule has 1 heterocycles. The van der Waals surface area contributed by atoms with E-state index in [-0.39, 0.29) is 11.4 Å². The van der Waals surface area contributed by atoms with Gasteiger partial charge in [-0.25, -0.2) is 4.98 Å². The number of hydrogen-bond acceptors (Lipinski definition) is 5. The summed E-state index contributed by atoms with van der Waals surface area (Å²) in [5.74, 6) is 0.180. The molecule has 0 fully saturated rings. The van der Waals surface area contributed by atoms with E-state index < -0.39 is 6.10 Å². The number of H-pyrrole nitrogens is 1. The van der Waals surface area contributed by atoms with Gasteiger partial charge in [0.1, 0.15) is 5.82 Å². The van der Waals surface area contributed by atoms with Crippen LogP contribution in [0, 0.1) is 0 Å². The molecule has 1 aromatic carbocycles. The summed E-state index contributed by atoms with van der Waals surface area (Å²) in [7, 11) is 0. The number of nitrogen functional groups attached to an aromatic ring is 1. The number of nitrogens with one attached hydrogen (secondary N) is 1. The monoisotopic (exact) mass is 277 g/mol. The molecular formula is C13H15N3O2S. The Kier molecular flexibility index (Phi) is 4.24. The van der Waals surface area contributed by atoms with Crippen LogP contribution in [0.15, 0.2) is 45.2 Å². The lowest BCUT2D eigenvalue weighted by molar-refractivity contribution is 0.171. The van der Waals surface area contributed by atoms with Crippen LogP contribution in [-0.2, 0) is 0 Å². The van der Waals surface area contributed by atoms with E-state index in [1.165, 1.54) is 17.8 Å². The normalized spacial score (nSPS) is 12.3. The standard InChI is InChI=1S/C13H15N3O2S/c1-2-9(17)8-5-3-4-6-10(8)19-13-15-11(14)7-12(18)16-13/h3-7,9,17H,2H2,1H3,(H3,14,15,16,18). The smallest absolute Gasteiger partial charge is 0.253 e. The van der Waals surface area contributed by atoms with Crippen molar-refractivity contribution >= 4 is 17.6 Å². The fourth-order valence-corrected chi connectivity index (χ4v) is 2.65. The number of aromatic amines is 1. The molecule has 0 radical (unpaired) electrons. The van der Waals surface area contributed by atoms with Crippen molar-refractivity contribution in [3.05, 3.63) is 46.2 Å². The van der Waals surface area contributed by atoms with Gasteiger partial charge in [0, 0.05) is 11.0 Å². The molecule has 0 saturated carbocycles. The van der Waals surface area contributed by atoms with E-state index in [2.05, 4.69) is 9.97 Å². The highest BCUT2D eigenvalue weighted by molar-refractivity contribution is 7.99. The van der Waals surface area contributed by atoms with Crippen LogP contribution in [-0.4, -0.2) is 15.1 Å². The molecule has 1 aromatic heterocycles. The van der Waals surface area contributed by atoms with Gasteiger partial charge in [-0.2, -0.15) is 0 Å². The lowest BCUT2D eigenvalue weighted by Crippen LogP contribution is -2.09. The van der Waals surface area contributed by atoms with Gasteiger partial charge in [-0.05, 0) is 18.1 Å². The maximum absolute atomic E-state index is 11.3. The Hall–Kier alpha value is -1.79. The first-order chi connectivity index (χ1) is 9.10.